The monoisotopic (exact) mass is 275 g/mol. The fourth-order valence-electron chi connectivity index (χ4n) is 1.52. The van der Waals surface area contributed by atoms with Crippen LogP contribution in [0.2, 0.25) is 0 Å². The number of halogens is 3. The molecule has 0 saturated carbocycles. The smallest absolute Gasteiger partial charge is 0.419 e. The standard InChI is InChI=1S/C9H4F3N3O4/c10-9(11,12)4-1-2-5-13-6(8(16)17)7(15(18)19)14(5)3-4/h1-3H,(H,16,17). The van der Waals surface area contributed by atoms with E-state index in [2.05, 4.69) is 4.98 Å². The lowest BCUT2D eigenvalue weighted by atomic mass is 10.3. The number of carbonyl (C=O) groups is 1. The van der Waals surface area contributed by atoms with Crippen LogP contribution in [0, 0.1) is 10.1 Å². The van der Waals surface area contributed by atoms with Crippen LogP contribution in [0.3, 0.4) is 0 Å². The second-order valence-electron chi connectivity index (χ2n) is 3.49. The molecule has 2 heterocycles. The van der Waals surface area contributed by atoms with E-state index in [4.69, 9.17) is 5.11 Å². The molecule has 0 aliphatic rings. The number of nitrogens with zero attached hydrogens (tertiary/aromatic N) is 3. The Labute approximate surface area is 102 Å². The molecule has 0 aromatic carbocycles. The van der Waals surface area contributed by atoms with Crippen LogP contribution in [-0.4, -0.2) is 25.4 Å². The first-order valence-corrected chi connectivity index (χ1v) is 4.69. The third-order valence-electron chi connectivity index (χ3n) is 2.30. The zero-order valence-corrected chi connectivity index (χ0v) is 8.88. The van der Waals surface area contributed by atoms with E-state index in [1.54, 1.807) is 0 Å². The number of imidazole rings is 1. The number of fused-ring (bicyclic) bond motifs is 1. The second-order valence-corrected chi connectivity index (χ2v) is 3.49. The Hall–Kier alpha value is -2.65. The normalized spacial score (nSPS) is 11.7. The summed E-state index contributed by atoms with van der Waals surface area (Å²) >= 11 is 0. The van der Waals surface area contributed by atoms with Crippen molar-refractivity contribution in [2.45, 2.75) is 6.18 Å². The van der Waals surface area contributed by atoms with Crippen molar-refractivity contribution in [2.24, 2.45) is 0 Å². The highest BCUT2D eigenvalue weighted by Crippen LogP contribution is 2.31. The van der Waals surface area contributed by atoms with Gasteiger partial charge in [0.2, 0.25) is 11.3 Å². The van der Waals surface area contributed by atoms with Crippen molar-refractivity contribution in [3.63, 3.8) is 0 Å². The Kier molecular flexibility index (Phi) is 2.65. The molecule has 19 heavy (non-hydrogen) atoms. The molecule has 2 aromatic heterocycles. The summed E-state index contributed by atoms with van der Waals surface area (Å²) in [7, 11) is 0. The van der Waals surface area contributed by atoms with Gasteiger partial charge in [-0.3, -0.25) is 0 Å². The number of alkyl halides is 3. The van der Waals surface area contributed by atoms with Crippen molar-refractivity contribution >= 4 is 17.4 Å². The zero-order valence-electron chi connectivity index (χ0n) is 8.88. The number of carboxylic acids is 1. The van der Waals surface area contributed by atoms with Gasteiger partial charge in [0, 0.05) is 6.07 Å². The highest BCUT2D eigenvalue weighted by molar-refractivity contribution is 5.90. The van der Waals surface area contributed by atoms with E-state index in [-0.39, 0.29) is 5.65 Å². The summed E-state index contributed by atoms with van der Waals surface area (Å²) in [4.78, 5) is 23.9. The maximum Gasteiger partial charge on any atom is 0.419 e. The fraction of sp³-hybridized carbons (Fsp3) is 0.111. The molecule has 0 radical (unpaired) electrons. The molecule has 0 aliphatic heterocycles. The Morgan fingerprint density at radius 1 is 1.42 bits per heavy atom. The Balaban J connectivity index is 2.81. The SMILES string of the molecule is O=C(O)c1nc2ccc(C(F)(F)F)cn2c1[N+](=O)[O-]. The van der Waals surface area contributed by atoms with E-state index in [0.717, 1.165) is 6.07 Å². The van der Waals surface area contributed by atoms with Crippen molar-refractivity contribution in [1.29, 1.82) is 0 Å². The number of nitro groups is 1. The van der Waals surface area contributed by atoms with Gasteiger partial charge in [0.05, 0.1) is 5.56 Å². The summed E-state index contributed by atoms with van der Waals surface area (Å²) < 4.78 is 38.0. The molecule has 0 unspecified atom stereocenters. The largest absolute Gasteiger partial charge is 0.476 e. The van der Waals surface area contributed by atoms with Crippen LogP contribution in [-0.2, 0) is 6.18 Å². The molecular weight excluding hydrogens is 271 g/mol. The summed E-state index contributed by atoms with van der Waals surface area (Å²) in [6.45, 7) is 0. The topological polar surface area (TPSA) is 97.7 Å². The minimum atomic E-state index is -4.70. The molecule has 0 saturated heterocycles. The van der Waals surface area contributed by atoms with Gasteiger partial charge in [-0.15, -0.1) is 0 Å². The van der Waals surface area contributed by atoms with Gasteiger partial charge < -0.3 is 15.2 Å². The quantitative estimate of drug-likeness (QED) is 0.667. The van der Waals surface area contributed by atoms with Crippen LogP contribution in [0.25, 0.3) is 5.65 Å². The van der Waals surface area contributed by atoms with Gasteiger partial charge in [-0.05, 0) is 11.0 Å². The molecule has 0 spiro atoms. The highest BCUT2D eigenvalue weighted by Gasteiger charge is 2.34. The molecule has 0 bridgehead atoms. The molecule has 10 heteroatoms. The second kappa shape index (κ2) is 3.93. The summed E-state index contributed by atoms with van der Waals surface area (Å²) in [5, 5.41) is 19.5. The predicted molar refractivity (Wildman–Crippen MR) is 53.8 cm³/mol. The third-order valence-corrected chi connectivity index (χ3v) is 2.30. The minimum Gasteiger partial charge on any atom is -0.476 e. The van der Waals surface area contributed by atoms with E-state index in [1.165, 1.54) is 0 Å². The van der Waals surface area contributed by atoms with E-state index in [1.807, 2.05) is 0 Å². The van der Waals surface area contributed by atoms with Gasteiger partial charge in [-0.2, -0.15) is 22.6 Å². The number of hydrogen-bond acceptors (Lipinski definition) is 4. The lowest BCUT2D eigenvalue weighted by molar-refractivity contribution is -0.390. The maximum atomic E-state index is 12.5. The van der Waals surface area contributed by atoms with E-state index < -0.39 is 34.1 Å². The van der Waals surface area contributed by atoms with Gasteiger partial charge in [-0.1, -0.05) is 0 Å². The maximum absolute atomic E-state index is 12.5. The minimum absolute atomic E-state index is 0.253. The van der Waals surface area contributed by atoms with Crippen LogP contribution in [0.15, 0.2) is 18.3 Å². The Morgan fingerprint density at radius 2 is 2.05 bits per heavy atom. The molecule has 0 amide bonds. The third kappa shape index (κ3) is 2.07. The highest BCUT2D eigenvalue weighted by atomic mass is 19.4. The first kappa shape index (κ1) is 12.8. The van der Waals surface area contributed by atoms with Crippen LogP contribution in [0.1, 0.15) is 16.1 Å². The summed E-state index contributed by atoms with van der Waals surface area (Å²) in [5.41, 5.74) is -2.31. The van der Waals surface area contributed by atoms with Gasteiger partial charge in [0.25, 0.3) is 0 Å². The van der Waals surface area contributed by atoms with Gasteiger partial charge in [-0.25, -0.2) is 4.79 Å². The lowest BCUT2D eigenvalue weighted by Crippen LogP contribution is -2.07. The molecule has 2 aromatic rings. The van der Waals surface area contributed by atoms with Gasteiger partial charge >= 0.3 is 18.0 Å². The molecule has 0 aliphatic carbocycles. The first-order valence-electron chi connectivity index (χ1n) is 4.69. The number of carboxylic acid groups (broad SMARTS) is 1. The summed E-state index contributed by atoms with van der Waals surface area (Å²) in [5.74, 6) is -2.71. The van der Waals surface area contributed by atoms with Crippen molar-refractivity contribution in [1.82, 2.24) is 9.38 Å². The lowest BCUT2D eigenvalue weighted by Gasteiger charge is -2.04. The number of hydrogen-bond donors (Lipinski definition) is 1. The summed E-state index contributed by atoms with van der Waals surface area (Å²) in [6, 6.07) is 1.53. The van der Waals surface area contributed by atoms with Crippen LogP contribution in [0.4, 0.5) is 19.0 Å². The Bertz CT molecular complexity index is 692. The number of rotatable bonds is 2. The Morgan fingerprint density at radius 3 is 2.53 bits per heavy atom. The van der Waals surface area contributed by atoms with E-state index in [0.29, 0.717) is 16.7 Å². The molecule has 0 fully saturated rings. The van der Waals surface area contributed by atoms with Crippen molar-refractivity contribution < 1.29 is 28.0 Å². The molecule has 2 rings (SSSR count). The number of aromatic nitrogens is 2. The number of pyridine rings is 1. The van der Waals surface area contributed by atoms with Gasteiger partial charge in [0.1, 0.15) is 6.20 Å². The van der Waals surface area contributed by atoms with Crippen LogP contribution >= 0.6 is 0 Å². The first-order chi connectivity index (χ1) is 8.71. The van der Waals surface area contributed by atoms with Crippen molar-refractivity contribution in [2.75, 3.05) is 0 Å². The summed E-state index contributed by atoms with van der Waals surface area (Å²) in [6.07, 6.45) is -4.26. The predicted octanol–water partition coefficient (Wildman–Crippen LogP) is 1.96. The molecule has 100 valence electrons. The van der Waals surface area contributed by atoms with E-state index >= 15 is 0 Å². The van der Waals surface area contributed by atoms with Crippen molar-refractivity contribution in [3.8, 4) is 0 Å². The van der Waals surface area contributed by atoms with E-state index in [9.17, 15) is 28.1 Å². The molecule has 0 atom stereocenters. The molecule has 1 N–H and O–H groups in total. The average molecular weight is 275 g/mol. The zero-order chi connectivity index (χ0) is 14.4. The van der Waals surface area contributed by atoms with Crippen LogP contribution < -0.4 is 0 Å². The molecule has 7 nitrogen and oxygen atoms in total. The molecular formula is C9H4F3N3O4. The van der Waals surface area contributed by atoms with Gasteiger partial charge in [0.15, 0.2) is 0 Å². The number of aromatic carboxylic acids is 1. The fourth-order valence-corrected chi connectivity index (χ4v) is 1.52. The average Bonchev–Trinajstić information content (AvgIpc) is 2.65. The van der Waals surface area contributed by atoms with Crippen LogP contribution in [0.5, 0.6) is 0 Å². The van der Waals surface area contributed by atoms with Crippen molar-refractivity contribution in [3.05, 3.63) is 39.7 Å².